The molecule has 0 fully saturated rings. The van der Waals surface area contributed by atoms with Crippen LogP contribution in [0.15, 0.2) is 85.1 Å². The van der Waals surface area contributed by atoms with E-state index >= 15 is 0 Å². The second kappa shape index (κ2) is 54.2. The average Bonchev–Trinajstić information content (AvgIpc) is 3.31. The monoisotopic (exact) mass is 919 g/mol. The summed E-state index contributed by atoms with van der Waals surface area (Å²) in [6, 6.07) is 0. The van der Waals surface area contributed by atoms with Crippen LogP contribution in [0, 0.1) is 0 Å². The van der Waals surface area contributed by atoms with Gasteiger partial charge in [0.05, 0.1) is 0 Å². The Morgan fingerprint density at radius 1 is 0.333 bits per heavy atom. The summed E-state index contributed by atoms with van der Waals surface area (Å²) in [6.07, 6.45) is 69.9. The third-order valence-electron chi connectivity index (χ3n) is 11.7. The standard InChI is InChI=1S/C60H102O6/c1-4-7-10-13-16-19-22-25-28-30-33-35-38-41-44-47-50-53-59(62)65-56-57(55-64-58(61)52-49-46-43-40-37-34-31-27-24-21-18-15-12-9-6-3)66-60(63)54-51-48-45-42-39-36-32-29-26-23-20-17-14-11-8-5-2/h9,12,15-16,18-19,21,24-25,27-29,31-32,57H,4-8,10-11,13-14,17,20,22-23,26,30,33-56H2,1-3H3/b12-9-,18-15-,19-16-,24-21-,28-25-,31-27-,32-29-. The number of hydrogen-bond donors (Lipinski definition) is 0. The Kier molecular flexibility index (Phi) is 51.4. The quantitative estimate of drug-likeness (QED) is 0.0199. The van der Waals surface area contributed by atoms with Gasteiger partial charge in [-0.3, -0.25) is 14.4 Å². The largest absolute Gasteiger partial charge is 0.462 e. The Bertz CT molecular complexity index is 1290. The Labute approximate surface area is 407 Å². The van der Waals surface area contributed by atoms with Crippen LogP contribution >= 0.6 is 0 Å². The maximum absolute atomic E-state index is 12.8. The number of esters is 3. The van der Waals surface area contributed by atoms with Crippen LogP contribution in [0.25, 0.3) is 0 Å². The highest BCUT2D eigenvalue weighted by Gasteiger charge is 2.19. The highest BCUT2D eigenvalue weighted by Crippen LogP contribution is 2.14. The smallest absolute Gasteiger partial charge is 0.306 e. The number of carbonyl (C=O) groups excluding carboxylic acids is 3. The molecule has 0 spiro atoms. The molecule has 0 saturated carbocycles. The Hall–Kier alpha value is -3.41. The van der Waals surface area contributed by atoms with Gasteiger partial charge < -0.3 is 14.2 Å². The molecular formula is C60H102O6. The van der Waals surface area contributed by atoms with E-state index in [0.29, 0.717) is 19.3 Å². The topological polar surface area (TPSA) is 78.9 Å². The zero-order chi connectivity index (χ0) is 47.9. The van der Waals surface area contributed by atoms with E-state index in [1.165, 1.54) is 109 Å². The molecule has 0 aliphatic carbocycles. The van der Waals surface area contributed by atoms with Crippen molar-refractivity contribution < 1.29 is 28.6 Å². The van der Waals surface area contributed by atoms with Gasteiger partial charge in [-0.05, 0) is 96.3 Å². The second-order valence-corrected chi connectivity index (χ2v) is 18.2. The van der Waals surface area contributed by atoms with E-state index in [4.69, 9.17) is 14.2 Å². The normalized spacial score (nSPS) is 12.7. The molecule has 66 heavy (non-hydrogen) atoms. The van der Waals surface area contributed by atoms with Crippen molar-refractivity contribution in [3.05, 3.63) is 85.1 Å². The molecule has 6 heteroatoms. The maximum Gasteiger partial charge on any atom is 0.306 e. The van der Waals surface area contributed by atoms with Gasteiger partial charge in [-0.2, -0.15) is 0 Å². The molecule has 378 valence electrons. The van der Waals surface area contributed by atoms with E-state index in [2.05, 4.69) is 87.6 Å². The van der Waals surface area contributed by atoms with E-state index in [-0.39, 0.29) is 31.1 Å². The molecule has 0 aromatic carbocycles. The number of carbonyl (C=O) groups is 3. The molecule has 0 bridgehead atoms. The lowest BCUT2D eigenvalue weighted by atomic mass is 10.1. The Morgan fingerprint density at radius 3 is 1.09 bits per heavy atom. The Balaban J connectivity index is 4.45. The second-order valence-electron chi connectivity index (χ2n) is 18.2. The summed E-state index contributed by atoms with van der Waals surface area (Å²) in [4.78, 5) is 38.1. The van der Waals surface area contributed by atoms with Gasteiger partial charge in [-0.15, -0.1) is 0 Å². The first-order chi connectivity index (χ1) is 32.5. The van der Waals surface area contributed by atoms with E-state index in [0.717, 1.165) is 109 Å². The SMILES string of the molecule is CC\C=C/C=C\C=C/C=C\CCCCCCCC(=O)OCC(COC(=O)CCCCCCCCC/C=C\C/C=C\CCCCC)OC(=O)CCCCCCC/C=C\CCCCCCCCC. The zero-order valence-corrected chi connectivity index (χ0v) is 43.2. The molecule has 0 aliphatic rings. The summed E-state index contributed by atoms with van der Waals surface area (Å²) in [5.41, 5.74) is 0. The average molecular weight is 919 g/mol. The third-order valence-corrected chi connectivity index (χ3v) is 11.7. The molecule has 1 unspecified atom stereocenters. The summed E-state index contributed by atoms with van der Waals surface area (Å²) < 4.78 is 16.8. The molecule has 0 rings (SSSR count). The summed E-state index contributed by atoms with van der Waals surface area (Å²) in [6.45, 7) is 6.45. The van der Waals surface area contributed by atoms with Gasteiger partial charge in [-0.1, -0.05) is 228 Å². The van der Waals surface area contributed by atoms with E-state index in [1.807, 2.05) is 18.2 Å². The highest BCUT2D eigenvalue weighted by molar-refractivity contribution is 5.71. The fraction of sp³-hybridized carbons (Fsp3) is 0.717. The van der Waals surface area contributed by atoms with Crippen molar-refractivity contribution in [2.24, 2.45) is 0 Å². The predicted octanol–water partition coefficient (Wildman–Crippen LogP) is 18.4. The van der Waals surface area contributed by atoms with Gasteiger partial charge in [0.2, 0.25) is 0 Å². The molecule has 0 aliphatic heterocycles. The van der Waals surface area contributed by atoms with Crippen molar-refractivity contribution in [1.29, 1.82) is 0 Å². The van der Waals surface area contributed by atoms with Crippen molar-refractivity contribution in [3.63, 3.8) is 0 Å². The number of ether oxygens (including phenoxy) is 3. The van der Waals surface area contributed by atoms with Gasteiger partial charge in [0, 0.05) is 19.3 Å². The van der Waals surface area contributed by atoms with Crippen LogP contribution in [-0.2, 0) is 28.6 Å². The molecule has 0 aromatic heterocycles. The maximum atomic E-state index is 12.8. The van der Waals surface area contributed by atoms with E-state index < -0.39 is 6.10 Å². The molecule has 0 amide bonds. The lowest BCUT2D eigenvalue weighted by Crippen LogP contribution is -2.30. The lowest BCUT2D eigenvalue weighted by Gasteiger charge is -2.18. The zero-order valence-electron chi connectivity index (χ0n) is 43.2. The minimum Gasteiger partial charge on any atom is -0.462 e. The van der Waals surface area contributed by atoms with Gasteiger partial charge >= 0.3 is 17.9 Å². The summed E-state index contributed by atoms with van der Waals surface area (Å²) in [5, 5.41) is 0. The number of hydrogen-bond acceptors (Lipinski definition) is 6. The first-order valence-corrected chi connectivity index (χ1v) is 27.6. The van der Waals surface area contributed by atoms with Crippen LogP contribution in [0.5, 0.6) is 0 Å². The minimum absolute atomic E-state index is 0.0920. The van der Waals surface area contributed by atoms with Crippen molar-refractivity contribution in [1.82, 2.24) is 0 Å². The fourth-order valence-electron chi connectivity index (χ4n) is 7.54. The Morgan fingerprint density at radius 2 is 0.652 bits per heavy atom. The minimum atomic E-state index is -0.795. The summed E-state index contributed by atoms with van der Waals surface area (Å²) in [5.74, 6) is -0.928. The number of unbranched alkanes of at least 4 members (excludes halogenated alkanes) is 27. The predicted molar refractivity (Wildman–Crippen MR) is 284 cm³/mol. The fourth-order valence-corrected chi connectivity index (χ4v) is 7.54. The first-order valence-electron chi connectivity index (χ1n) is 27.6. The molecule has 0 radical (unpaired) electrons. The molecule has 0 heterocycles. The lowest BCUT2D eigenvalue weighted by molar-refractivity contribution is -0.167. The van der Waals surface area contributed by atoms with Crippen LogP contribution in [-0.4, -0.2) is 37.2 Å². The molecule has 0 aromatic rings. The molecule has 0 saturated heterocycles. The number of allylic oxidation sites excluding steroid dienone is 14. The van der Waals surface area contributed by atoms with E-state index in [1.54, 1.807) is 0 Å². The van der Waals surface area contributed by atoms with Crippen molar-refractivity contribution in [3.8, 4) is 0 Å². The molecule has 6 nitrogen and oxygen atoms in total. The van der Waals surface area contributed by atoms with E-state index in [9.17, 15) is 14.4 Å². The number of rotatable bonds is 49. The molecular weight excluding hydrogens is 817 g/mol. The van der Waals surface area contributed by atoms with Gasteiger partial charge in [0.25, 0.3) is 0 Å². The molecule has 0 N–H and O–H groups in total. The van der Waals surface area contributed by atoms with Crippen LogP contribution in [0.2, 0.25) is 0 Å². The van der Waals surface area contributed by atoms with Gasteiger partial charge in [0.15, 0.2) is 6.10 Å². The van der Waals surface area contributed by atoms with Gasteiger partial charge in [-0.25, -0.2) is 0 Å². The first kappa shape index (κ1) is 62.6. The van der Waals surface area contributed by atoms with Crippen LogP contribution < -0.4 is 0 Å². The third kappa shape index (κ3) is 51.6. The molecule has 1 atom stereocenters. The summed E-state index contributed by atoms with van der Waals surface area (Å²) >= 11 is 0. The van der Waals surface area contributed by atoms with Crippen molar-refractivity contribution >= 4 is 17.9 Å². The summed E-state index contributed by atoms with van der Waals surface area (Å²) in [7, 11) is 0. The van der Waals surface area contributed by atoms with Crippen LogP contribution in [0.1, 0.15) is 258 Å². The van der Waals surface area contributed by atoms with Crippen molar-refractivity contribution in [2.45, 2.75) is 264 Å². The highest BCUT2D eigenvalue weighted by atomic mass is 16.6. The van der Waals surface area contributed by atoms with Crippen LogP contribution in [0.4, 0.5) is 0 Å². The van der Waals surface area contributed by atoms with Crippen molar-refractivity contribution in [2.75, 3.05) is 13.2 Å². The van der Waals surface area contributed by atoms with Gasteiger partial charge in [0.1, 0.15) is 13.2 Å². The van der Waals surface area contributed by atoms with Crippen LogP contribution in [0.3, 0.4) is 0 Å².